The lowest BCUT2D eigenvalue weighted by Gasteiger charge is -2.15. The molecule has 0 aliphatic carbocycles. The fraction of sp³-hybridized carbons (Fsp3) is 0.263. The predicted octanol–water partition coefficient (Wildman–Crippen LogP) is 3.50. The first-order chi connectivity index (χ1) is 11.4. The Hall–Kier alpha value is -2.82. The minimum absolute atomic E-state index is 0.411. The van der Waals surface area contributed by atoms with Crippen LogP contribution < -0.4 is 10.1 Å². The van der Waals surface area contributed by atoms with Crippen molar-refractivity contribution in [2.24, 2.45) is 0 Å². The van der Waals surface area contributed by atoms with Gasteiger partial charge in [-0.3, -0.25) is 4.79 Å². The zero-order valence-electron chi connectivity index (χ0n) is 14.3. The molecule has 0 radical (unpaired) electrons. The van der Waals surface area contributed by atoms with Crippen molar-refractivity contribution in [3.63, 3.8) is 0 Å². The first kappa shape index (κ1) is 17.5. The van der Waals surface area contributed by atoms with Crippen LogP contribution in [0.2, 0.25) is 0 Å². The summed E-state index contributed by atoms with van der Waals surface area (Å²) >= 11 is 0. The van der Waals surface area contributed by atoms with Crippen LogP contribution in [0.4, 0.5) is 5.69 Å². The van der Waals surface area contributed by atoms with Gasteiger partial charge < -0.3 is 14.8 Å². The quantitative estimate of drug-likeness (QED) is 0.854. The zero-order valence-corrected chi connectivity index (χ0v) is 14.3. The fourth-order valence-corrected chi connectivity index (χ4v) is 2.13. The molecule has 0 spiro atoms. The highest BCUT2D eigenvalue weighted by atomic mass is 16.5. The highest BCUT2D eigenvalue weighted by molar-refractivity contribution is 5.98. The Balaban J connectivity index is 2.03. The minimum Gasteiger partial charge on any atom is -0.495 e. The van der Waals surface area contributed by atoms with Gasteiger partial charge in [-0.15, -0.1) is 0 Å². The molecule has 0 fully saturated rings. The first-order valence-corrected chi connectivity index (χ1v) is 7.64. The molecule has 0 saturated heterocycles. The van der Waals surface area contributed by atoms with Gasteiger partial charge in [0.2, 0.25) is 0 Å². The number of hydrogen-bond acceptors (Lipinski definition) is 4. The number of ether oxygens (including phenoxy) is 2. The summed E-state index contributed by atoms with van der Waals surface area (Å²) < 4.78 is 10.4. The molecular weight excluding hydrogens is 306 g/mol. The number of nitrogens with one attached hydrogen (secondary N) is 1. The number of anilines is 1. The van der Waals surface area contributed by atoms with E-state index in [2.05, 4.69) is 5.32 Å². The maximum Gasteiger partial charge on any atom is 0.338 e. The Morgan fingerprint density at radius 1 is 1.00 bits per heavy atom. The van der Waals surface area contributed by atoms with E-state index in [1.54, 1.807) is 24.3 Å². The van der Waals surface area contributed by atoms with Crippen molar-refractivity contribution in [1.82, 2.24) is 0 Å². The van der Waals surface area contributed by atoms with Gasteiger partial charge in [-0.25, -0.2) is 4.79 Å². The third-order valence-corrected chi connectivity index (χ3v) is 3.55. The molecular formula is C19H21NO4. The minimum atomic E-state index is -0.927. The van der Waals surface area contributed by atoms with Crippen LogP contribution in [0, 0.1) is 13.8 Å². The van der Waals surface area contributed by atoms with E-state index in [-0.39, 0.29) is 0 Å². The number of carbonyl (C=O) groups is 2. The molecule has 1 atom stereocenters. The average molecular weight is 327 g/mol. The lowest BCUT2D eigenvalue weighted by Crippen LogP contribution is -2.30. The van der Waals surface area contributed by atoms with Crippen LogP contribution in [0.15, 0.2) is 42.5 Å². The van der Waals surface area contributed by atoms with E-state index in [9.17, 15) is 9.59 Å². The molecule has 126 valence electrons. The van der Waals surface area contributed by atoms with Gasteiger partial charge in [0.15, 0.2) is 6.10 Å². The number of amides is 1. The second kappa shape index (κ2) is 7.64. The molecule has 5 heteroatoms. The van der Waals surface area contributed by atoms with Crippen molar-refractivity contribution >= 4 is 17.6 Å². The van der Waals surface area contributed by atoms with Crippen LogP contribution in [-0.4, -0.2) is 25.1 Å². The van der Waals surface area contributed by atoms with E-state index >= 15 is 0 Å². The highest BCUT2D eigenvalue weighted by Gasteiger charge is 2.20. The van der Waals surface area contributed by atoms with Crippen molar-refractivity contribution in [3.05, 3.63) is 59.2 Å². The van der Waals surface area contributed by atoms with Gasteiger partial charge in [0.25, 0.3) is 5.91 Å². The average Bonchev–Trinajstić information content (AvgIpc) is 2.55. The summed E-state index contributed by atoms with van der Waals surface area (Å²) in [5, 5.41) is 2.73. The Morgan fingerprint density at radius 3 is 2.25 bits per heavy atom. The van der Waals surface area contributed by atoms with Crippen LogP contribution in [0.3, 0.4) is 0 Å². The molecule has 2 aromatic rings. The molecule has 0 unspecified atom stereocenters. The third kappa shape index (κ3) is 4.35. The number of methoxy groups -OCH3 is 1. The maximum absolute atomic E-state index is 12.3. The smallest absolute Gasteiger partial charge is 0.338 e. The number of esters is 1. The summed E-state index contributed by atoms with van der Waals surface area (Å²) in [6, 6.07) is 12.4. The normalized spacial score (nSPS) is 11.5. The van der Waals surface area contributed by atoms with Crippen LogP contribution in [0.1, 0.15) is 28.4 Å². The zero-order chi connectivity index (χ0) is 17.7. The second-order valence-electron chi connectivity index (χ2n) is 5.61. The fourth-order valence-electron chi connectivity index (χ4n) is 2.13. The van der Waals surface area contributed by atoms with Gasteiger partial charge in [0.1, 0.15) is 5.75 Å². The maximum atomic E-state index is 12.3. The summed E-state index contributed by atoms with van der Waals surface area (Å²) in [5.74, 6) is -0.403. The van der Waals surface area contributed by atoms with Crippen LogP contribution in [0.25, 0.3) is 0 Å². The lowest BCUT2D eigenvalue weighted by atomic mass is 10.1. The topological polar surface area (TPSA) is 64.6 Å². The largest absolute Gasteiger partial charge is 0.495 e. The molecule has 0 bridgehead atoms. The van der Waals surface area contributed by atoms with Crippen molar-refractivity contribution < 1.29 is 19.1 Å². The summed E-state index contributed by atoms with van der Waals surface area (Å²) in [4.78, 5) is 24.3. The van der Waals surface area contributed by atoms with Crippen molar-refractivity contribution in [2.75, 3.05) is 12.4 Å². The summed E-state index contributed by atoms with van der Waals surface area (Å²) in [6.07, 6.45) is -0.927. The number of carbonyl (C=O) groups excluding carboxylic acids is 2. The van der Waals surface area contributed by atoms with E-state index in [4.69, 9.17) is 9.47 Å². The predicted molar refractivity (Wildman–Crippen MR) is 92.4 cm³/mol. The number of benzene rings is 2. The lowest BCUT2D eigenvalue weighted by molar-refractivity contribution is -0.123. The molecule has 1 amide bonds. The number of aryl methyl sites for hydroxylation is 2. The highest BCUT2D eigenvalue weighted by Crippen LogP contribution is 2.25. The molecule has 0 aliphatic rings. The van der Waals surface area contributed by atoms with Crippen molar-refractivity contribution in [2.45, 2.75) is 26.9 Å². The molecule has 2 rings (SSSR count). The van der Waals surface area contributed by atoms with Crippen molar-refractivity contribution in [1.29, 1.82) is 0 Å². The van der Waals surface area contributed by atoms with Gasteiger partial charge in [-0.2, -0.15) is 0 Å². The molecule has 0 aromatic heterocycles. The molecule has 2 aromatic carbocycles. The Kier molecular flexibility index (Phi) is 5.58. The van der Waals surface area contributed by atoms with Crippen molar-refractivity contribution in [3.8, 4) is 5.75 Å². The molecule has 0 aliphatic heterocycles. The van der Waals surface area contributed by atoms with Crippen LogP contribution in [-0.2, 0) is 9.53 Å². The van der Waals surface area contributed by atoms with Gasteiger partial charge in [0, 0.05) is 0 Å². The standard InChI is InChI=1S/C19H21NO4/c1-12-5-8-15(9-6-12)19(22)24-14(3)18(21)20-16-11-13(2)7-10-17(16)23-4/h5-11,14H,1-4H3,(H,20,21)/t14-/m0/s1. The second-order valence-corrected chi connectivity index (χ2v) is 5.61. The molecule has 5 nitrogen and oxygen atoms in total. The Labute approximate surface area is 141 Å². The molecule has 0 saturated carbocycles. The number of rotatable bonds is 5. The molecule has 24 heavy (non-hydrogen) atoms. The van der Waals surface area contributed by atoms with Gasteiger partial charge in [-0.05, 0) is 50.6 Å². The summed E-state index contributed by atoms with van der Waals surface area (Å²) in [7, 11) is 1.53. The van der Waals surface area contributed by atoms with E-state index in [0.717, 1.165) is 11.1 Å². The van der Waals surface area contributed by atoms with Crippen LogP contribution >= 0.6 is 0 Å². The third-order valence-electron chi connectivity index (χ3n) is 3.55. The van der Waals surface area contributed by atoms with Gasteiger partial charge >= 0.3 is 5.97 Å². The first-order valence-electron chi connectivity index (χ1n) is 7.64. The number of hydrogen-bond donors (Lipinski definition) is 1. The Morgan fingerprint density at radius 2 is 1.62 bits per heavy atom. The van der Waals surface area contributed by atoms with Gasteiger partial charge in [0.05, 0.1) is 18.4 Å². The summed E-state index contributed by atoms with van der Waals surface area (Å²) in [5.41, 5.74) is 2.98. The molecule has 0 heterocycles. The van der Waals surface area contributed by atoms with E-state index in [0.29, 0.717) is 17.0 Å². The molecule has 1 N–H and O–H groups in total. The van der Waals surface area contributed by atoms with E-state index in [1.165, 1.54) is 14.0 Å². The SMILES string of the molecule is COc1ccc(C)cc1NC(=O)[C@H](C)OC(=O)c1ccc(C)cc1. The van der Waals surface area contributed by atoms with E-state index < -0.39 is 18.0 Å². The van der Waals surface area contributed by atoms with E-state index in [1.807, 2.05) is 32.0 Å². The monoisotopic (exact) mass is 327 g/mol. The Bertz CT molecular complexity index is 738. The van der Waals surface area contributed by atoms with Gasteiger partial charge in [-0.1, -0.05) is 23.8 Å². The summed E-state index contributed by atoms with van der Waals surface area (Å²) in [6.45, 7) is 5.38. The van der Waals surface area contributed by atoms with Crippen LogP contribution in [0.5, 0.6) is 5.75 Å².